The lowest BCUT2D eigenvalue weighted by molar-refractivity contribution is -0.141. The van der Waals surface area contributed by atoms with Crippen molar-refractivity contribution in [2.24, 2.45) is 5.92 Å². The highest BCUT2D eigenvalue weighted by atomic mass is 35.5. The highest BCUT2D eigenvalue weighted by Gasteiger charge is 2.31. The Bertz CT molecular complexity index is 476. The van der Waals surface area contributed by atoms with Gasteiger partial charge in [-0.2, -0.15) is 0 Å². The largest absolute Gasteiger partial charge is 0.507 e. The van der Waals surface area contributed by atoms with Crippen LogP contribution in [-0.2, 0) is 11.2 Å². The van der Waals surface area contributed by atoms with Crippen LogP contribution in [0.4, 0.5) is 0 Å². The molecule has 18 heavy (non-hydrogen) atoms. The number of phenolic OH excluding ortho intramolecular Hbond substituents is 1. The number of hydrogen-bond acceptors (Lipinski definition) is 3. The summed E-state index contributed by atoms with van der Waals surface area (Å²) in [6, 6.07) is 3.30. The van der Waals surface area contributed by atoms with Crippen LogP contribution in [0, 0.1) is 5.92 Å². The van der Waals surface area contributed by atoms with Crippen LogP contribution in [0.15, 0.2) is 12.1 Å². The number of carboxylic acid groups (broad SMARTS) is 1. The highest BCUT2D eigenvalue weighted by Crippen LogP contribution is 2.37. The van der Waals surface area contributed by atoms with Crippen LogP contribution in [0.2, 0.25) is 5.02 Å². The molecular weight excluding hydrogens is 254 g/mol. The lowest BCUT2D eigenvalue weighted by Gasteiger charge is -2.15. The number of halogens is 1. The molecule has 2 atom stereocenters. The van der Waals surface area contributed by atoms with E-state index in [2.05, 4.69) is 5.32 Å². The second-order valence-electron chi connectivity index (χ2n) is 4.59. The predicted molar refractivity (Wildman–Crippen MR) is 69.0 cm³/mol. The number of carboxylic acids is 1. The van der Waals surface area contributed by atoms with Crippen molar-refractivity contribution in [3.05, 3.63) is 28.3 Å². The minimum atomic E-state index is -0.803. The van der Waals surface area contributed by atoms with Gasteiger partial charge in [-0.15, -0.1) is 0 Å². The van der Waals surface area contributed by atoms with Gasteiger partial charge in [0, 0.05) is 23.2 Å². The van der Waals surface area contributed by atoms with Crippen LogP contribution in [0.3, 0.4) is 0 Å². The van der Waals surface area contributed by atoms with E-state index < -0.39 is 11.9 Å². The molecule has 0 aliphatic carbocycles. The molecule has 1 aromatic rings. The molecule has 5 heteroatoms. The van der Waals surface area contributed by atoms with Crippen molar-refractivity contribution in [2.75, 3.05) is 6.54 Å². The van der Waals surface area contributed by atoms with Crippen molar-refractivity contribution < 1.29 is 15.0 Å². The fourth-order valence-electron chi connectivity index (χ4n) is 2.37. The monoisotopic (exact) mass is 269 g/mol. The third-order valence-electron chi connectivity index (χ3n) is 3.42. The SMILES string of the molecule is CCc1cc(Cl)cc(C2CC(C(=O)O)CN2)c1O. The normalized spacial score (nSPS) is 23.2. The lowest BCUT2D eigenvalue weighted by atomic mass is 9.97. The van der Waals surface area contributed by atoms with Crippen molar-refractivity contribution in [3.63, 3.8) is 0 Å². The number of phenols is 1. The molecule has 1 aliphatic heterocycles. The van der Waals surface area contributed by atoms with E-state index in [1.54, 1.807) is 12.1 Å². The second kappa shape index (κ2) is 5.16. The van der Waals surface area contributed by atoms with Crippen LogP contribution >= 0.6 is 11.6 Å². The lowest BCUT2D eigenvalue weighted by Crippen LogP contribution is -2.17. The summed E-state index contributed by atoms with van der Waals surface area (Å²) in [6.45, 7) is 2.37. The Morgan fingerprint density at radius 1 is 1.56 bits per heavy atom. The average molecular weight is 270 g/mol. The number of carbonyl (C=O) groups is 1. The first kappa shape index (κ1) is 13.2. The molecule has 0 spiro atoms. The molecule has 1 heterocycles. The molecule has 0 aromatic heterocycles. The van der Waals surface area contributed by atoms with Crippen LogP contribution in [0.5, 0.6) is 5.75 Å². The summed E-state index contributed by atoms with van der Waals surface area (Å²) in [6.07, 6.45) is 1.17. The first-order valence-electron chi connectivity index (χ1n) is 6.00. The van der Waals surface area contributed by atoms with Gasteiger partial charge in [0.05, 0.1) is 5.92 Å². The van der Waals surface area contributed by atoms with Crippen molar-refractivity contribution in [1.29, 1.82) is 0 Å². The fraction of sp³-hybridized carbons (Fsp3) is 0.462. The van der Waals surface area contributed by atoms with Gasteiger partial charge in [0.25, 0.3) is 0 Å². The van der Waals surface area contributed by atoms with Crippen LogP contribution < -0.4 is 5.32 Å². The fourth-order valence-corrected chi connectivity index (χ4v) is 2.62. The molecular formula is C13H16ClNO3. The van der Waals surface area contributed by atoms with Gasteiger partial charge in [-0.3, -0.25) is 4.79 Å². The van der Waals surface area contributed by atoms with E-state index >= 15 is 0 Å². The standard InChI is InChI=1S/C13H16ClNO3/c1-2-7-3-9(14)5-10(12(7)16)11-4-8(6-15-11)13(17)18/h3,5,8,11,15-16H,2,4,6H2,1H3,(H,17,18). The van der Waals surface area contributed by atoms with Crippen molar-refractivity contribution in [3.8, 4) is 5.75 Å². The van der Waals surface area contributed by atoms with Gasteiger partial charge >= 0.3 is 5.97 Å². The van der Waals surface area contributed by atoms with Crippen molar-refractivity contribution >= 4 is 17.6 Å². The average Bonchev–Trinajstić information content (AvgIpc) is 2.81. The zero-order valence-electron chi connectivity index (χ0n) is 10.1. The molecule has 2 unspecified atom stereocenters. The summed E-state index contributed by atoms with van der Waals surface area (Å²) in [4.78, 5) is 10.9. The summed E-state index contributed by atoms with van der Waals surface area (Å²) in [7, 11) is 0. The molecule has 1 fully saturated rings. The molecule has 1 aliphatic rings. The molecule has 3 N–H and O–H groups in total. The number of nitrogens with one attached hydrogen (secondary N) is 1. The Kier molecular flexibility index (Phi) is 3.78. The topological polar surface area (TPSA) is 69.6 Å². The Balaban J connectivity index is 2.29. The summed E-state index contributed by atoms with van der Waals surface area (Å²) < 4.78 is 0. The number of aromatic hydroxyl groups is 1. The van der Waals surface area contributed by atoms with Gasteiger partial charge in [0.15, 0.2) is 0 Å². The van der Waals surface area contributed by atoms with E-state index in [4.69, 9.17) is 16.7 Å². The Morgan fingerprint density at radius 3 is 2.83 bits per heavy atom. The predicted octanol–water partition coefficient (Wildman–Crippen LogP) is 2.34. The van der Waals surface area contributed by atoms with Gasteiger partial charge in [-0.05, 0) is 30.5 Å². The zero-order chi connectivity index (χ0) is 13.3. The smallest absolute Gasteiger partial charge is 0.307 e. The summed E-state index contributed by atoms with van der Waals surface area (Å²) >= 11 is 6.02. The molecule has 0 amide bonds. The third-order valence-corrected chi connectivity index (χ3v) is 3.64. The first-order valence-corrected chi connectivity index (χ1v) is 6.38. The molecule has 1 saturated heterocycles. The molecule has 0 bridgehead atoms. The Hall–Kier alpha value is -1.26. The number of rotatable bonds is 3. The number of hydrogen-bond donors (Lipinski definition) is 3. The molecule has 0 saturated carbocycles. The first-order chi connectivity index (χ1) is 8.52. The molecule has 2 rings (SSSR count). The summed E-state index contributed by atoms with van der Waals surface area (Å²) in [5, 5.41) is 22.8. The molecule has 4 nitrogen and oxygen atoms in total. The van der Waals surface area contributed by atoms with Gasteiger partial charge in [-0.1, -0.05) is 18.5 Å². The molecule has 98 valence electrons. The van der Waals surface area contributed by atoms with Crippen LogP contribution in [0.25, 0.3) is 0 Å². The van der Waals surface area contributed by atoms with Crippen LogP contribution in [-0.4, -0.2) is 22.7 Å². The van der Waals surface area contributed by atoms with E-state index in [0.717, 1.165) is 5.56 Å². The maximum Gasteiger partial charge on any atom is 0.307 e. The van der Waals surface area contributed by atoms with Crippen LogP contribution in [0.1, 0.15) is 30.5 Å². The van der Waals surface area contributed by atoms with E-state index in [1.807, 2.05) is 6.92 Å². The third kappa shape index (κ3) is 2.44. The van der Waals surface area contributed by atoms with Gasteiger partial charge in [-0.25, -0.2) is 0 Å². The highest BCUT2D eigenvalue weighted by molar-refractivity contribution is 6.30. The number of aryl methyl sites for hydroxylation is 1. The second-order valence-corrected chi connectivity index (χ2v) is 5.02. The van der Waals surface area contributed by atoms with E-state index in [0.29, 0.717) is 30.0 Å². The number of aliphatic carboxylic acids is 1. The maximum atomic E-state index is 10.9. The summed E-state index contributed by atoms with van der Waals surface area (Å²) in [5.41, 5.74) is 1.49. The molecule has 0 radical (unpaired) electrons. The van der Waals surface area contributed by atoms with Crippen molar-refractivity contribution in [1.82, 2.24) is 5.32 Å². The van der Waals surface area contributed by atoms with E-state index in [9.17, 15) is 9.90 Å². The maximum absolute atomic E-state index is 10.9. The minimum Gasteiger partial charge on any atom is -0.507 e. The quantitative estimate of drug-likeness (QED) is 0.788. The minimum absolute atomic E-state index is 0.143. The van der Waals surface area contributed by atoms with Gasteiger partial charge in [0.1, 0.15) is 5.75 Å². The number of benzene rings is 1. The Labute approximate surface area is 111 Å². The van der Waals surface area contributed by atoms with Crippen molar-refractivity contribution in [2.45, 2.75) is 25.8 Å². The zero-order valence-corrected chi connectivity index (χ0v) is 10.9. The molecule has 1 aromatic carbocycles. The van der Waals surface area contributed by atoms with Gasteiger partial charge < -0.3 is 15.5 Å². The summed E-state index contributed by atoms with van der Waals surface area (Å²) in [5.74, 6) is -0.980. The van der Waals surface area contributed by atoms with E-state index in [1.165, 1.54) is 0 Å². The van der Waals surface area contributed by atoms with Gasteiger partial charge in [0.2, 0.25) is 0 Å². The van der Waals surface area contributed by atoms with E-state index in [-0.39, 0.29) is 11.8 Å². The Morgan fingerprint density at radius 2 is 2.28 bits per heavy atom.